The molecule has 1 aromatic carbocycles. The Bertz CT molecular complexity index is 460. The minimum Gasteiger partial charge on any atom is -0.464 e. The number of rotatable bonds is 4. The van der Waals surface area contributed by atoms with Crippen LogP contribution in [0.3, 0.4) is 0 Å². The Morgan fingerprint density at radius 2 is 2.11 bits per heavy atom. The molecule has 0 saturated carbocycles. The summed E-state index contributed by atoms with van der Waals surface area (Å²) in [4.78, 5) is 23.2. The molecule has 1 N–H and O–H groups in total. The number of amides is 1. The molecule has 0 spiro atoms. The average molecular weight is 263 g/mol. The van der Waals surface area contributed by atoms with E-state index in [-0.39, 0.29) is 12.5 Å². The summed E-state index contributed by atoms with van der Waals surface area (Å²) in [7, 11) is 0. The number of nitrogens with one attached hydrogen (secondary N) is 1. The Morgan fingerprint density at radius 3 is 2.74 bits per heavy atom. The van der Waals surface area contributed by atoms with E-state index in [1.54, 1.807) is 6.92 Å². The van der Waals surface area contributed by atoms with E-state index in [9.17, 15) is 9.59 Å². The van der Waals surface area contributed by atoms with Gasteiger partial charge in [-0.05, 0) is 12.5 Å². The summed E-state index contributed by atoms with van der Waals surface area (Å²) in [6.45, 7) is 3.93. The zero-order chi connectivity index (χ0) is 13.8. The van der Waals surface area contributed by atoms with Crippen LogP contribution in [0.5, 0.6) is 0 Å². The molecule has 0 radical (unpaired) electrons. The molecule has 19 heavy (non-hydrogen) atoms. The molecule has 3 atom stereocenters. The van der Waals surface area contributed by atoms with Crippen molar-refractivity contribution < 1.29 is 19.1 Å². The molecular weight excluding hydrogens is 246 g/mol. The standard InChI is InChI=1S/C14H17NO4/c1-3-18-13(16)11-12(19-14(17)15-11)9(2)10-7-5-4-6-8-10/h4-9,11-12H,3H2,1-2H3,(H,15,17). The van der Waals surface area contributed by atoms with E-state index >= 15 is 0 Å². The smallest absolute Gasteiger partial charge is 0.408 e. The van der Waals surface area contributed by atoms with E-state index in [0.717, 1.165) is 5.56 Å². The second kappa shape index (κ2) is 5.73. The minimum absolute atomic E-state index is 0.0884. The van der Waals surface area contributed by atoms with Crippen LogP contribution in [0.2, 0.25) is 0 Å². The van der Waals surface area contributed by atoms with Crippen molar-refractivity contribution in [3.63, 3.8) is 0 Å². The van der Waals surface area contributed by atoms with E-state index in [2.05, 4.69) is 5.32 Å². The van der Waals surface area contributed by atoms with Crippen LogP contribution < -0.4 is 5.32 Å². The van der Waals surface area contributed by atoms with Gasteiger partial charge in [0.1, 0.15) is 6.10 Å². The lowest BCUT2D eigenvalue weighted by molar-refractivity contribution is -0.146. The van der Waals surface area contributed by atoms with Crippen LogP contribution in [0, 0.1) is 0 Å². The van der Waals surface area contributed by atoms with Crippen LogP contribution in [0.1, 0.15) is 25.3 Å². The number of benzene rings is 1. The largest absolute Gasteiger partial charge is 0.464 e. The number of esters is 1. The predicted molar refractivity (Wildman–Crippen MR) is 68.7 cm³/mol. The van der Waals surface area contributed by atoms with E-state index in [1.807, 2.05) is 37.3 Å². The van der Waals surface area contributed by atoms with Crippen molar-refractivity contribution in [1.29, 1.82) is 0 Å². The maximum atomic E-state index is 11.8. The molecule has 102 valence electrons. The summed E-state index contributed by atoms with van der Waals surface area (Å²) in [6.07, 6.45) is -1.13. The zero-order valence-corrected chi connectivity index (χ0v) is 11.0. The molecule has 1 aliphatic rings. The SMILES string of the molecule is CCOC(=O)C1NC(=O)OC1C(C)c1ccccc1. The molecule has 1 aromatic rings. The van der Waals surface area contributed by atoms with Gasteiger partial charge in [-0.1, -0.05) is 37.3 Å². The first-order chi connectivity index (χ1) is 9.13. The van der Waals surface area contributed by atoms with Gasteiger partial charge >= 0.3 is 12.1 Å². The first kappa shape index (κ1) is 13.4. The number of carbonyl (C=O) groups excluding carboxylic acids is 2. The maximum absolute atomic E-state index is 11.8. The van der Waals surface area contributed by atoms with Gasteiger partial charge in [0.25, 0.3) is 0 Å². The fraction of sp³-hybridized carbons (Fsp3) is 0.429. The van der Waals surface area contributed by atoms with Gasteiger partial charge in [-0.15, -0.1) is 0 Å². The van der Waals surface area contributed by atoms with Gasteiger partial charge in [0.2, 0.25) is 0 Å². The van der Waals surface area contributed by atoms with Gasteiger partial charge < -0.3 is 14.8 Å². The summed E-state index contributed by atoms with van der Waals surface area (Å²) in [5.41, 5.74) is 1.01. The van der Waals surface area contributed by atoms with Crippen LogP contribution in [-0.2, 0) is 14.3 Å². The summed E-state index contributed by atoms with van der Waals surface area (Å²) >= 11 is 0. The third kappa shape index (κ3) is 2.86. The van der Waals surface area contributed by atoms with E-state index in [1.165, 1.54) is 0 Å². The summed E-state index contributed by atoms with van der Waals surface area (Å²) in [5, 5.41) is 2.50. The zero-order valence-electron chi connectivity index (χ0n) is 11.0. The Hall–Kier alpha value is -2.04. The van der Waals surface area contributed by atoms with Gasteiger partial charge in [-0.3, -0.25) is 0 Å². The molecule has 2 rings (SSSR count). The maximum Gasteiger partial charge on any atom is 0.408 e. The highest BCUT2D eigenvalue weighted by atomic mass is 16.6. The van der Waals surface area contributed by atoms with Crippen LogP contribution in [0.15, 0.2) is 30.3 Å². The quantitative estimate of drug-likeness (QED) is 0.842. The van der Waals surface area contributed by atoms with Gasteiger partial charge in [0.05, 0.1) is 6.61 Å². The van der Waals surface area contributed by atoms with Crippen molar-refractivity contribution in [3.05, 3.63) is 35.9 Å². The molecule has 0 bridgehead atoms. The first-order valence-corrected chi connectivity index (χ1v) is 6.32. The highest BCUT2D eigenvalue weighted by molar-refractivity contribution is 5.85. The topological polar surface area (TPSA) is 64.6 Å². The highest BCUT2D eigenvalue weighted by Gasteiger charge is 2.43. The van der Waals surface area contributed by atoms with E-state index in [0.29, 0.717) is 0 Å². The van der Waals surface area contributed by atoms with Crippen LogP contribution in [-0.4, -0.2) is 30.8 Å². The van der Waals surface area contributed by atoms with Crippen LogP contribution in [0.4, 0.5) is 4.79 Å². The second-order valence-corrected chi connectivity index (χ2v) is 4.44. The molecule has 0 aliphatic carbocycles. The summed E-state index contributed by atoms with van der Waals surface area (Å²) in [6, 6.07) is 8.88. The number of carbonyl (C=O) groups is 2. The number of alkyl carbamates (subject to hydrolysis) is 1. The summed E-state index contributed by atoms with van der Waals surface area (Å²) < 4.78 is 10.2. The molecule has 3 unspecified atom stereocenters. The molecule has 1 heterocycles. The van der Waals surface area contributed by atoms with Crippen molar-refractivity contribution in [1.82, 2.24) is 5.32 Å². The van der Waals surface area contributed by atoms with Crippen molar-refractivity contribution in [2.75, 3.05) is 6.61 Å². The normalized spacial score (nSPS) is 23.4. The van der Waals surface area contributed by atoms with Gasteiger partial charge in [-0.2, -0.15) is 0 Å². The predicted octanol–water partition coefficient (Wildman–Crippen LogP) is 1.83. The third-order valence-electron chi connectivity index (χ3n) is 3.20. The second-order valence-electron chi connectivity index (χ2n) is 4.44. The minimum atomic E-state index is -0.748. The van der Waals surface area contributed by atoms with Crippen molar-refractivity contribution in [2.24, 2.45) is 0 Å². The lowest BCUT2D eigenvalue weighted by atomic mass is 9.91. The molecule has 0 aromatic heterocycles. The highest BCUT2D eigenvalue weighted by Crippen LogP contribution is 2.27. The Kier molecular flexibility index (Phi) is 4.04. The Balaban J connectivity index is 2.17. The van der Waals surface area contributed by atoms with Gasteiger partial charge in [-0.25, -0.2) is 9.59 Å². The molecule has 5 nitrogen and oxygen atoms in total. The van der Waals surface area contributed by atoms with Crippen molar-refractivity contribution in [2.45, 2.75) is 31.9 Å². The third-order valence-corrected chi connectivity index (χ3v) is 3.20. The number of hydrogen-bond donors (Lipinski definition) is 1. The number of ether oxygens (including phenoxy) is 2. The summed E-state index contributed by atoms with van der Waals surface area (Å²) in [5.74, 6) is -0.546. The fourth-order valence-corrected chi connectivity index (χ4v) is 2.20. The number of cyclic esters (lactones) is 1. The van der Waals surface area contributed by atoms with Gasteiger partial charge in [0.15, 0.2) is 6.04 Å². The molecule has 1 aliphatic heterocycles. The Morgan fingerprint density at radius 1 is 1.42 bits per heavy atom. The Labute approximate surface area is 111 Å². The van der Waals surface area contributed by atoms with Crippen LogP contribution in [0.25, 0.3) is 0 Å². The van der Waals surface area contributed by atoms with Gasteiger partial charge in [0, 0.05) is 5.92 Å². The van der Waals surface area contributed by atoms with E-state index < -0.39 is 24.2 Å². The van der Waals surface area contributed by atoms with Crippen molar-refractivity contribution >= 4 is 12.1 Å². The molecule has 1 amide bonds. The fourth-order valence-electron chi connectivity index (χ4n) is 2.20. The molecule has 1 saturated heterocycles. The lowest BCUT2D eigenvalue weighted by Gasteiger charge is -2.22. The van der Waals surface area contributed by atoms with Crippen LogP contribution >= 0.6 is 0 Å². The molecule has 1 fully saturated rings. The average Bonchev–Trinajstić information content (AvgIpc) is 2.81. The monoisotopic (exact) mass is 263 g/mol. The molecular formula is C14H17NO4. The number of hydrogen-bond acceptors (Lipinski definition) is 4. The van der Waals surface area contributed by atoms with E-state index in [4.69, 9.17) is 9.47 Å². The molecule has 5 heteroatoms. The first-order valence-electron chi connectivity index (χ1n) is 6.32. The lowest BCUT2D eigenvalue weighted by Crippen LogP contribution is -2.42. The van der Waals surface area contributed by atoms with Crippen molar-refractivity contribution in [3.8, 4) is 0 Å².